The van der Waals surface area contributed by atoms with E-state index >= 15 is 0 Å². The van der Waals surface area contributed by atoms with Crippen molar-refractivity contribution in [2.75, 3.05) is 0 Å². The van der Waals surface area contributed by atoms with E-state index in [9.17, 15) is 0 Å². The van der Waals surface area contributed by atoms with Gasteiger partial charge in [-0.2, -0.15) is 0 Å². The molecule has 4 heteroatoms. The van der Waals surface area contributed by atoms with Crippen LogP contribution < -0.4 is 0 Å². The van der Waals surface area contributed by atoms with Crippen LogP contribution in [0.15, 0.2) is 89.3 Å². The van der Waals surface area contributed by atoms with Crippen LogP contribution in [0.1, 0.15) is 5.56 Å². The van der Waals surface area contributed by atoms with Crippen LogP contribution in [0.2, 0.25) is 0 Å². The van der Waals surface area contributed by atoms with Crippen molar-refractivity contribution in [1.29, 1.82) is 0 Å². The van der Waals surface area contributed by atoms with E-state index in [4.69, 9.17) is 9.40 Å². The van der Waals surface area contributed by atoms with Gasteiger partial charge in [-0.25, -0.2) is 4.98 Å². The molecule has 142 valence electrons. The fraction of sp³-hybridized carbons (Fsp3) is 0.0385. The number of imidazole rings is 2. The predicted octanol–water partition coefficient (Wildman–Crippen LogP) is 6.64. The summed E-state index contributed by atoms with van der Waals surface area (Å²) < 4.78 is 10.6. The van der Waals surface area contributed by atoms with Crippen molar-refractivity contribution in [3.05, 3.63) is 90.5 Å². The van der Waals surface area contributed by atoms with Crippen molar-refractivity contribution in [3.63, 3.8) is 0 Å². The Kier molecular flexibility index (Phi) is 2.91. The van der Waals surface area contributed by atoms with Crippen LogP contribution in [0.3, 0.4) is 0 Å². The van der Waals surface area contributed by atoms with Gasteiger partial charge in [0.05, 0.1) is 27.8 Å². The smallest absolute Gasteiger partial charge is 0.220 e. The average molecular weight is 387 g/mol. The highest BCUT2D eigenvalue weighted by Gasteiger charge is 2.18. The van der Waals surface area contributed by atoms with Crippen LogP contribution in [0.5, 0.6) is 0 Å². The summed E-state index contributed by atoms with van der Waals surface area (Å²) in [4.78, 5) is 4.98. The average Bonchev–Trinajstić information content (AvgIpc) is 3.42. The summed E-state index contributed by atoms with van der Waals surface area (Å²) in [7, 11) is 0. The molecule has 0 aliphatic carbocycles. The first-order valence-electron chi connectivity index (χ1n) is 10.1. The number of rotatable bonds is 1. The second-order valence-corrected chi connectivity index (χ2v) is 7.79. The molecule has 0 atom stereocenters. The standard InChI is InChI=1S/C26H17N3O/c1-16-7-6-8-18-19-15-17(13-14-24(19)30-25(16)18)28-22-11-4-5-12-23(22)29-21-10-3-2-9-20(21)27-26(28)29/h2-15H,1H3. The first kappa shape index (κ1) is 15.8. The van der Waals surface area contributed by atoms with Gasteiger partial charge in [0, 0.05) is 10.8 Å². The summed E-state index contributed by atoms with van der Waals surface area (Å²) in [6, 6.07) is 29.5. The second kappa shape index (κ2) is 5.51. The second-order valence-electron chi connectivity index (χ2n) is 7.79. The molecule has 0 radical (unpaired) electrons. The molecule has 4 nitrogen and oxygen atoms in total. The third-order valence-corrected chi connectivity index (χ3v) is 6.04. The zero-order chi connectivity index (χ0) is 19.8. The van der Waals surface area contributed by atoms with E-state index < -0.39 is 0 Å². The maximum atomic E-state index is 6.15. The zero-order valence-corrected chi connectivity index (χ0v) is 16.3. The number of hydrogen-bond acceptors (Lipinski definition) is 2. The quantitative estimate of drug-likeness (QED) is 0.316. The van der Waals surface area contributed by atoms with Crippen molar-refractivity contribution < 1.29 is 4.42 Å². The van der Waals surface area contributed by atoms with Crippen LogP contribution in [0.25, 0.3) is 55.5 Å². The van der Waals surface area contributed by atoms with Crippen LogP contribution in [0.4, 0.5) is 0 Å². The monoisotopic (exact) mass is 387 g/mol. The molecule has 0 fully saturated rings. The van der Waals surface area contributed by atoms with Crippen LogP contribution in [-0.2, 0) is 0 Å². The van der Waals surface area contributed by atoms with E-state index in [1.54, 1.807) is 0 Å². The minimum absolute atomic E-state index is 0.907. The fourth-order valence-corrected chi connectivity index (χ4v) is 4.67. The number of hydrogen-bond donors (Lipinski definition) is 0. The summed E-state index contributed by atoms with van der Waals surface area (Å²) in [6.45, 7) is 2.09. The van der Waals surface area contributed by atoms with E-state index in [1.807, 2.05) is 6.07 Å². The Morgan fingerprint density at radius 3 is 2.43 bits per heavy atom. The van der Waals surface area contributed by atoms with Crippen LogP contribution in [0, 0.1) is 6.92 Å². The lowest BCUT2D eigenvalue weighted by molar-refractivity contribution is 0.665. The molecule has 7 aromatic rings. The Morgan fingerprint density at radius 1 is 0.733 bits per heavy atom. The van der Waals surface area contributed by atoms with Gasteiger partial charge < -0.3 is 4.42 Å². The summed E-state index contributed by atoms with van der Waals surface area (Å²) in [5.41, 5.74) is 8.49. The molecule has 0 N–H and O–H groups in total. The minimum atomic E-state index is 0.907. The molecule has 0 unspecified atom stereocenters. The molecule has 3 aromatic heterocycles. The normalized spacial score (nSPS) is 12.2. The van der Waals surface area contributed by atoms with Crippen molar-refractivity contribution in [3.8, 4) is 5.69 Å². The molecule has 0 bridgehead atoms. The first-order valence-corrected chi connectivity index (χ1v) is 10.1. The number of furan rings is 1. The largest absolute Gasteiger partial charge is 0.456 e. The molecule has 0 saturated heterocycles. The molecular formula is C26H17N3O. The van der Waals surface area contributed by atoms with Crippen molar-refractivity contribution in [1.82, 2.24) is 14.0 Å². The van der Waals surface area contributed by atoms with Gasteiger partial charge in [0.25, 0.3) is 0 Å². The SMILES string of the molecule is Cc1cccc2c1oc1ccc(-n3c4ccccc4n4c5ccccc5nc34)cc12. The van der Waals surface area contributed by atoms with E-state index in [0.717, 1.165) is 61.0 Å². The first-order chi connectivity index (χ1) is 14.8. The number of aryl methyl sites for hydroxylation is 1. The zero-order valence-electron chi connectivity index (χ0n) is 16.3. The summed E-state index contributed by atoms with van der Waals surface area (Å²) in [5.74, 6) is 0.917. The Hall–Kier alpha value is -4.05. The topological polar surface area (TPSA) is 35.4 Å². The number of para-hydroxylation sites is 5. The van der Waals surface area contributed by atoms with Gasteiger partial charge in [0.1, 0.15) is 11.2 Å². The third kappa shape index (κ3) is 1.93. The van der Waals surface area contributed by atoms with Gasteiger partial charge in [-0.15, -0.1) is 0 Å². The van der Waals surface area contributed by atoms with Gasteiger partial charge in [0.15, 0.2) is 0 Å². The summed E-state index contributed by atoms with van der Waals surface area (Å²) >= 11 is 0. The molecule has 7 rings (SSSR count). The molecule has 0 saturated carbocycles. The highest BCUT2D eigenvalue weighted by atomic mass is 16.3. The highest BCUT2D eigenvalue weighted by molar-refractivity contribution is 6.06. The number of aromatic nitrogens is 3. The molecule has 4 aromatic carbocycles. The molecule has 0 aliphatic heterocycles. The van der Waals surface area contributed by atoms with Gasteiger partial charge in [-0.1, -0.05) is 42.5 Å². The number of nitrogens with zero attached hydrogens (tertiary/aromatic N) is 3. The number of fused-ring (bicyclic) bond motifs is 8. The van der Waals surface area contributed by atoms with E-state index in [-0.39, 0.29) is 0 Å². The van der Waals surface area contributed by atoms with Crippen molar-refractivity contribution in [2.45, 2.75) is 6.92 Å². The molecular weight excluding hydrogens is 370 g/mol. The van der Waals surface area contributed by atoms with E-state index in [1.165, 1.54) is 0 Å². The van der Waals surface area contributed by atoms with E-state index in [0.29, 0.717) is 0 Å². The van der Waals surface area contributed by atoms with E-state index in [2.05, 4.69) is 94.8 Å². The van der Waals surface area contributed by atoms with Crippen molar-refractivity contribution >= 4 is 49.8 Å². The van der Waals surface area contributed by atoms with Gasteiger partial charge in [-0.05, 0) is 55.0 Å². The molecule has 30 heavy (non-hydrogen) atoms. The maximum absolute atomic E-state index is 6.15. The summed E-state index contributed by atoms with van der Waals surface area (Å²) in [6.07, 6.45) is 0. The maximum Gasteiger partial charge on any atom is 0.220 e. The molecule has 0 spiro atoms. The van der Waals surface area contributed by atoms with Crippen LogP contribution in [-0.4, -0.2) is 14.0 Å². The Labute approximate surface area is 171 Å². The third-order valence-electron chi connectivity index (χ3n) is 6.04. The highest BCUT2D eigenvalue weighted by Crippen LogP contribution is 2.34. The summed E-state index contributed by atoms with van der Waals surface area (Å²) in [5, 5.41) is 2.27. The minimum Gasteiger partial charge on any atom is -0.456 e. The molecule has 0 aliphatic rings. The molecule has 3 heterocycles. The predicted molar refractivity (Wildman–Crippen MR) is 122 cm³/mol. The van der Waals surface area contributed by atoms with Gasteiger partial charge in [-0.3, -0.25) is 8.97 Å². The lowest BCUT2D eigenvalue weighted by Gasteiger charge is -2.05. The fourth-order valence-electron chi connectivity index (χ4n) is 4.67. The van der Waals surface area contributed by atoms with Gasteiger partial charge in [0.2, 0.25) is 5.78 Å². The van der Waals surface area contributed by atoms with Crippen LogP contribution >= 0.6 is 0 Å². The lowest BCUT2D eigenvalue weighted by atomic mass is 10.1. The Morgan fingerprint density at radius 2 is 1.53 bits per heavy atom. The van der Waals surface area contributed by atoms with Gasteiger partial charge >= 0.3 is 0 Å². The Balaban J connectivity index is 1.64. The lowest BCUT2D eigenvalue weighted by Crippen LogP contribution is -1.94. The molecule has 0 amide bonds. The Bertz CT molecular complexity index is 1760. The number of benzene rings is 4. The van der Waals surface area contributed by atoms with Crippen molar-refractivity contribution in [2.24, 2.45) is 0 Å².